The van der Waals surface area contributed by atoms with Crippen molar-refractivity contribution in [1.29, 1.82) is 0 Å². The second-order valence-electron chi connectivity index (χ2n) is 3.40. The van der Waals surface area contributed by atoms with E-state index in [1.54, 1.807) is 24.1 Å². The number of allylic oxidation sites excluding steroid dienone is 2. The van der Waals surface area contributed by atoms with Crippen molar-refractivity contribution in [3.63, 3.8) is 0 Å². The highest BCUT2D eigenvalue weighted by Gasteiger charge is 2.21. The van der Waals surface area contributed by atoms with Gasteiger partial charge in [-0.2, -0.15) is 0 Å². The molecule has 0 spiro atoms. The molecular weight excluding hydrogens is 180 g/mol. The number of carbonyl (C=O) groups is 1. The number of esters is 1. The molecule has 1 aliphatic carbocycles. The SMILES string of the molecule is Cn1cncc1OC(=O)C1CC=CC1. The minimum absolute atomic E-state index is 0.00935. The molecule has 1 aromatic rings. The van der Waals surface area contributed by atoms with Crippen LogP contribution in [0.5, 0.6) is 5.88 Å². The lowest BCUT2D eigenvalue weighted by Crippen LogP contribution is -2.19. The molecule has 0 saturated heterocycles. The summed E-state index contributed by atoms with van der Waals surface area (Å²) < 4.78 is 6.87. The summed E-state index contributed by atoms with van der Waals surface area (Å²) >= 11 is 0. The molecule has 1 aromatic heterocycles. The maximum atomic E-state index is 11.6. The lowest BCUT2D eigenvalue weighted by atomic mass is 10.1. The number of aromatic nitrogens is 2. The van der Waals surface area contributed by atoms with Crippen LogP contribution in [0.2, 0.25) is 0 Å². The van der Waals surface area contributed by atoms with Gasteiger partial charge >= 0.3 is 5.97 Å². The molecule has 4 nitrogen and oxygen atoms in total. The Bertz CT molecular complexity index is 360. The molecule has 0 fully saturated rings. The van der Waals surface area contributed by atoms with Crippen molar-refractivity contribution in [2.24, 2.45) is 13.0 Å². The molecule has 0 N–H and O–H groups in total. The molecule has 0 aromatic carbocycles. The van der Waals surface area contributed by atoms with Crippen LogP contribution in [0.15, 0.2) is 24.7 Å². The average Bonchev–Trinajstić information content (AvgIpc) is 2.77. The number of carbonyl (C=O) groups excluding carboxylic acids is 1. The van der Waals surface area contributed by atoms with Gasteiger partial charge in [-0.05, 0) is 12.8 Å². The van der Waals surface area contributed by atoms with Crippen LogP contribution < -0.4 is 4.74 Å². The van der Waals surface area contributed by atoms with Gasteiger partial charge in [0.25, 0.3) is 0 Å². The van der Waals surface area contributed by atoms with Crippen molar-refractivity contribution < 1.29 is 9.53 Å². The molecule has 1 heterocycles. The van der Waals surface area contributed by atoms with Crippen LogP contribution in [0.1, 0.15) is 12.8 Å². The standard InChI is InChI=1S/C10H12N2O2/c1-12-7-11-6-9(12)14-10(13)8-4-2-3-5-8/h2-3,6-8H,4-5H2,1H3. The van der Waals surface area contributed by atoms with Crippen LogP contribution in [-0.2, 0) is 11.8 Å². The smallest absolute Gasteiger partial charge is 0.316 e. The summed E-state index contributed by atoms with van der Waals surface area (Å²) in [5, 5.41) is 0. The van der Waals surface area contributed by atoms with E-state index in [1.807, 2.05) is 12.2 Å². The topological polar surface area (TPSA) is 44.1 Å². The summed E-state index contributed by atoms with van der Waals surface area (Å²) in [5.74, 6) is 0.324. The summed E-state index contributed by atoms with van der Waals surface area (Å²) in [6, 6.07) is 0. The van der Waals surface area contributed by atoms with Crippen LogP contribution in [-0.4, -0.2) is 15.5 Å². The summed E-state index contributed by atoms with van der Waals surface area (Å²) in [5.41, 5.74) is 0. The Balaban J connectivity index is 1.98. The van der Waals surface area contributed by atoms with Crippen LogP contribution in [0.3, 0.4) is 0 Å². The molecule has 0 aliphatic heterocycles. The molecule has 4 heteroatoms. The number of nitrogens with zero attached hydrogens (tertiary/aromatic N) is 2. The molecule has 0 radical (unpaired) electrons. The lowest BCUT2D eigenvalue weighted by Gasteiger charge is -2.08. The highest BCUT2D eigenvalue weighted by Crippen LogP contribution is 2.20. The normalized spacial score (nSPS) is 16.1. The zero-order valence-corrected chi connectivity index (χ0v) is 8.01. The van der Waals surface area contributed by atoms with E-state index in [4.69, 9.17) is 4.74 Å². The van der Waals surface area contributed by atoms with Gasteiger partial charge in [0.15, 0.2) is 0 Å². The molecule has 0 atom stereocenters. The second kappa shape index (κ2) is 3.65. The lowest BCUT2D eigenvalue weighted by molar-refractivity contribution is -0.138. The van der Waals surface area contributed by atoms with Gasteiger partial charge < -0.3 is 9.30 Å². The number of hydrogen-bond donors (Lipinski definition) is 0. The fourth-order valence-corrected chi connectivity index (χ4v) is 1.44. The molecular formula is C10H12N2O2. The minimum Gasteiger partial charge on any atom is -0.407 e. The minimum atomic E-state index is -0.168. The summed E-state index contributed by atoms with van der Waals surface area (Å²) in [4.78, 5) is 15.4. The van der Waals surface area contributed by atoms with Crippen molar-refractivity contribution in [1.82, 2.24) is 9.55 Å². The monoisotopic (exact) mass is 192 g/mol. The van der Waals surface area contributed by atoms with Gasteiger partial charge in [-0.15, -0.1) is 0 Å². The Morgan fingerprint density at radius 3 is 2.86 bits per heavy atom. The van der Waals surface area contributed by atoms with E-state index in [1.165, 1.54) is 0 Å². The number of imidazole rings is 1. The number of rotatable bonds is 2. The Morgan fingerprint density at radius 2 is 2.29 bits per heavy atom. The maximum absolute atomic E-state index is 11.6. The first-order valence-corrected chi connectivity index (χ1v) is 4.60. The summed E-state index contributed by atoms with van der Waals surface area (Å²) in [6.45, 7) is 0. The van der Waals surface area contributed by atoms with E-state index in [2.05, 4.69) is 4.98 Å². The van der Waals surface area contributed by atoms with Gasteiger partial charge in [-0.25, -0.2) is 4.98 Å². The van der Waals surface area contributed by atoms with Gasteiger partial charge in [0.1, 0.15) is 0 Å². The van der Waals surface area contributed by atoms with Crippen molar-refractivity contribution in [3.8, 4) is 5.88 Å². The van der Waals surface area contributed by atoms with E-state index >= 15 is 0 Å². The molecule has 14 heavy (non-hydrogen) atoms. The van der Waals surface area contributed by atoms with Crippen LogP contribution in [0, 0.1) is 5.92 Å². The number of hydrogen-bond acceptors (Lipinski definition) is 3. The van der Waals surface area contributed by atoms with Gasteiger partial charge in [0, 0.05) is 7.05 Å². The number of ether oxygens (including phenoxy) is 1. The zero-order chi connectivity index (χ0) is 9.97. The van der Waals surface area contributed by atoms with Crippen molar-refractivity contribution >= 4 is 5.97 Å². The predicted octanol–water partition coefficient (Wildman–Crippen LogP) is 1.29. The van der Waals surface area contributed by atoms with Crippen LogP contribution >= 0.6 is 0 Å². The summed E-state index contributed by atoms with van der Waals surface area (Å²) in [6.07, 6.45) is 8.74. The highest BCUT2D eigenvalue weighted by molar-refractivity contribution is 5.75. The van der Waals surface area contributed by atoms with Crippen LogP contribution in [0.25, 0.3) is 0 Å². The van der Waals surface area contributed by atoms with Crippen molar-refractivity contribution in [2.45, 2.75) is 12.8 Å². The third-order valence-electron chi connectivity index (χ3n) is 2.32. The van der Waals surface area contributed by atoms with E-state index in [0.717, 1.165) is 12.8 Å². The van der Waals surface area contributed by atoms with E-state index in [-0.39, 0.29) is 11.9 Å². The quantitative estimate of drug-likeness (QED) is 0.524. The van der Waals surface area contributed by atoms with E-state index in [9.17, 15) is 4.79 Å². The molecule has 0 amide bonds. The van der Waals surface area contributed by atoms with Gasteiger partial charge in [-0.3, -0.25) is 4.79 Å². The maximum Gasteiger partial charge on any atom is 0.316 e. The third-order valence-corrected chi connectivity index (χ3v) is 2.32. The van der Waals surface area contributed by atoms with Gasteiger partial charge in [-0.1, -0.05) is 12.2 Å². The largest absolute Gasteiger partial charge is 0.407 e. The summed E-state index contributed by atoms with van der Waals surface area (Å²) in [7, 11) is 1.79. The van der Waals surface area contributed by atoms with Crippen molar-refractivity contribution in [2.75, 3.05) is 0 Å². The molecule has 0 saturated carbocycles. The molecule has 1 aliphatic rings. The highest BCUT2D eigenvalue weighted by atomic mass is 16.5. The first-order chi connectivity index (χ1) is 6.77. The fourth-order valence-electron chi connectivity index (χ4n) is 1.44. The Hall–Kier alpha value is -1.58. The fraction of sp³-hybridized carbons (Fsp3) is 0.400. The average molecular weight is 192 g/mol. The van der Waals surface area contributed by atoms with E-state index < -0.39 is 0 Å². The Labute approximate surface area is 82.2 Å². The van der Waals surface area contributed by atoms with Crippen molar-refractivity contribution in [3.05, 3.63) is 24.7 Å². The molecule has 2 rings (SSSR count). The van der Waals surface area contributed by atoms with E-state index in [0.29, 0.717) is 5.88 Å². The molecule has 0 unspecified atom stereocenters. The number of aryl methyl sites for hydroxylation is 1. The third kappa shape index (κ3) is 1.69. The first kappa shape index (κ1) is 8.99. The zero-order valence-electron chi connectivity index (χ0n) is 8.01. The van der Waals surface area contributed by atoms with Gasteiger partial charge in [0.2, 0.25) is 5.88 Å². The molecule has 0 bridgehead atoms. The first-order valence-electron chi connectivity index (χ1n) is 4.60. The van der Waals surface area contributed by atoms with Crippen LogP contribution in [0.4, 0.5) is 0 Å². The van der Waals surface area contributed by atoms with Gasteiger partial charge in [0.05, 0.1) is 18.4 Å². The molecule has 74 valence electrons. The Kier molecular flexibility index (Phi) is 2.35. The predicted molar refractivity (Wildman–Crippen MR) is 50.7 cm³/mol. The second-order valence-corrected chi connectivity index (χ2v) is 3.40. The Morgan fingerprint density at radius 1 is 1.57 bits per heavy atom.